The molecule has 3 N–H and O–H groups in total. The van der Waals surface area contributed by atoms with Gasteiger partial charge in [0, 0.05) is 23.4 Å². The highest BCUT2D eigenvalue weighted by Crippen LogP contribution is 2.35. The van der Waals surface area contributed by atoms with Crippen LogP contribution in [-0.4, -0.2) is 11.2 Å². The van der Waals surface area contributed by atoms with Crippen molar-refractivity contribution < 1.29 is 0 Å². The first-order valence-corrected chi connectivity index (χ1v) is 8.75. The molecule has 0 aliphatic heterocycles. The van der Waals surface area contributed by atoms with Crippen molar-refractivity contribution in [2.45, 2.75) is 46.0 Å². The van der Waals surface area contributed by atoms with Gasteiger partial charge >= 0.3 is 0 Å². The zero-order valence-corrected chi connectivity index (χ0v) is 14.5. The van der Waals surface area contributed by atoms with Crippen LogP contribution in [0.2, 0.25) is 0 Å². The molecular weight excluding hydrogens is 294 g/mol. The summed E-state index contributed by atoms with van der Waals surface area (Å²) in [6.07, 6.45) is 12.8. The number of fused-ring (bicyclic) bond motifs is 3. The van der Waals surface area contributed by atoms with E-state index in [9.17, 15) is 0 Å². The smallest absolute Gasteiger partial charge is 0.0774 e. The fourth-order valence-electron chi connectivity index (χ4n) is 3.64. The average molecular weight is 319 g/mol. The minimum Gasteiger partial charge on any atom is -0.404 e. The fraction of sp³-hybridized carbons (Fsp3) is 0.333. The van der Waals surface area contributed by atoms with Crippen molar-refractivity contribution in [1.29, 1.82) is 5.41 Å². The van der Waals surface area contributed by atoms with E-state index in [2.05, 4.69) is 38.1 Å². The minimum atomic E-state index is 0.710. The molecule has 0 amide bonds. The number of aryl methyl sites for hydroxylation is 2. The van der Waals surface area contributed by atoms with Gasteiger partial charge in [0.05, 0.1) is 11.2 Å². The Kier molecular flexibility index (Phi) is 4.79. The van der Waals surface area contributed by atoms with E-state index in [1.807, 2.05) is 0 Å². The Morgan fingerprint density at radius 2 is 2.00 bits per heavy atom. The van der Waals surface area contributed by atoms with Crippen molar-refractivity contribution in [1.82, 2.24) is 4.98 Å². The molecule has 0 unspecified atom stereocenters. The van der Waals surface area contributed by atoms with Crippen LogP contribution in [0.1, 0.15) is 54.1 Å². The first-order valence-electron chi connectivity index (χ1n) is 8.75. The molecule has 0 spiro atoms. The first-order chi connectivity index (χ1) is 11.7. The van der Waals surface area contributed by atoms with Crippen LogP contribution in [0.15, 0.2) is 24.4 Å². The molecule has 24 heavy (non-hydrogen) atoms. The lowest BCUT2D eigenvalue weighted by Gasteiger charge is -2.23. The summed E-state index contributed by atoms with van der Waals surface area (Å²) in [6, 6.07) is 4.24. The van der Waals surface area contributed by atoms with Crippen LogP contribution < -0.4 is 5.73 Å². The summed E-state index contributed by atoms with van der Waals surface area (Å²) in [4.78, 5) is 4.91. The molecule has 0 radical (unpaired) electrons. The number of hydrogen-bond donors (Lipinski definition) is 2. The van der Waals surface area contributed by atoms with Gasteiger partial charge in [-0.2, -0.15) is 0 Å². The van der Waals surface area contributed by atoms with E-state index in [0.29, 0.717) is 5.57 Å². The van der Waals surface area contributed by atoms with Crippen molar-refractivity contribution in [2.24, 2.45) is 5.73 Å². The third-order valence-electron chi connectivity index (χ3n) is 4.86. The lowest BCUT2D eigenvalue weighted by Crippen LogP contribution is -2.11. The van der Waals surface area contributed by atoms with Gasteiger partial charge < -0.3 is 11.1 Å². The van der Waals surface area contributed by atoms with E-state index in [4.69, 9.17) is 16.1 Å². The minimum absolute atomic E-state index is 0.710. The molecule has 1 heterocycles. The molecule has 1 aromatic heterocycles. The van der Waals surface area contributed by atoms with E-state index < -0.39 is 0 Å². The van der Waals surface area contributed by atoms with E-state index in [1.165, 1.54) is 52.9 Å². The first kappa shape index (κ1) is 16.4. The van der Waals surface area contributed by atoms with E-state index >= 15 is 0 Å². The Morgan fingerprint density at radius 1 is 1.25 bits per heavy atom. The Bertz CT molecular complexity index is 844. The number of nitrogens with one attached hydrogen (secondary N) is 1. The second-order valence-corrected chi connectivity index (χ2v) is 6.39. The molecule has 1 aliphatic carbocycles. The van der Waals surface area contributed by atoms with Gasteiger partial charge in [0.2, 0.25) is 0 Å². The number of hydrogen-bond acceptors (Lipinski definition) is 3. The van der Waals surface area contributed by atoms with E-state index in [-0.39, 0.29) is 0 Å². The molecule has 3 nitrogen and oxygen atoms in total. The Hall–Kier alpha value is -2.42. The van der Waals surface area contributed by atoms with Crippen molar-refractivity contribution in [3.05, 3.63) is 52.4 Å². The molecule has 3 heteroatoms. The summed E-state index contributed by atoms with van der Waals surface area (Å²) in [7, 11) is 0. The predicted octanol–water partition coefficient (Wildman–Crippen LogP) is 4.79. The molecule has 1 aromatic carbocycles. The molecule has 2 aromatic rings. The molecule has 0 saturated heterocycles. The average Bonchev–Trinajstić information content (AvgIpc) is 2.62. The molecule has 1 aliphatic rings. The number of pyridine rings is 1. The van der Waals surface area contributed by atoms with Gasteiger partial charge in [0.15, 0.2) is 0 Å². The van der Waals surface area contributed by atoms with Crippen molar-refractivity contribution in [2.75, 3.05) is 0 Å². The Labute approximate surface area is 143 Å². The topological polar surface area (TPSA) is 62.8 Å². The number of benzene rings is 1. The molecular formula is C21H25N3. The van der Waals surface area contributed by atoms with Crippen molar-refractivity contribution in [3.63, 3.8) is 0 Å². The van der Waals surface area contributed by atoms with Crippen LogP contribution in [0.25, 0.3) is 22.6 Å². The highest BCUT2D eigenvalue weighted by Gasteiger charge is 2.21. The lowest BCUT2D eigenvalue weighted by molar-refractivity contribution is 0.686. The largest absolute Gasteiger partial charge is 0.404 e. The molecule has 0 saturated carbocycles. The molecule has 124 valence electrons. The van der Waals surface area contributed by atoms with Crippen molar-refractivity contribution in [3.8, 4) is 0 Å². The Morgan fingerprint density at radius 3 is 2.67 bits per heavy atom. The maximum Gasteiger partial charge on any atom is 0.0774 e. The zero-order valence-electron chi connectivity index (χ0n) is 14.5. The summed E-state index contributed by atoms with van der Waals surface area (Å²) in [5.74, 6) is 0. The van der Waals surface area contributed by atoms with Crippen LogP contribution in [-0.2, 0) is 12.8 Å². The number of rotatable bonds is 4. The molecule has 0 atom stereocenters. The summed E-state index contributed by atoms with van der Waals surface area (Å²) in [6.45, 7) is 4.33. The van der Waals surface area contributed by atoms with Crippen LogP contribution >= 0.6 is 0 Å². The molecule has 0 bridgehead atoms. The fourth-order valence-corrected chi connectivity index (χ4v) is 3.64. The second kappa shape index (κ2) is 7.00. The third kappa shape index (κ3) is 2.75. The summed E-state index contributed by atoms with van der Waals surface area (Å²) in [5, 5.41) is 8.96. The standard InChI is InChI=1S/C21H25N3/c1-3-4-7-16-14(2)10-11-19-20(16)17-8-5-6-9-18(17)21(24-19)15(12-22)13-23/h4,7,10-13,22H,3,5-6,8-9,23H2,1-2H3/b7-4-,15-13+,22-12?. The lowest BCUT2D eigenvalue weighted by atomic mass is 9.84. The summed E-state index contributed by atoms with van der Waals surface area (Å²) < 4.78 is 0. The third-order valence-corrected chi connectivity index (χ3v) is 4.86. The summed E-state index contributed by atoms with van der Waals surface area (Å²) >= 11 is 0. The monoisotopic (exact) mass is 319 g/mol. The normalized spacial score (nSPS) is 15.0. The SMILES string of the molecule is CC/C=C\c1c(C)ccc2nc(/C(C=N)=C/N)c3c(c12)CCCC3. The van der Waals surface area contributed by atoms with Gasteiger partial charge in [0.1, 0.15) is 0 Å². The van der Waals surface area contributed by atoms with Gasteiger partial charge in [-0.25, -0.2) is 4.98 Å². The van der Waals surface area contributed by atoms with Crippen LogP contribution in [0.5, 0.6) is 0 Å². The number of allylic oxidation sites excluding steroid dienone is 2. The van der Waals surface area contributed by atoms with Gasteiger partial charge in [-0.3, -0.25) is 0 Å². The van der Waals surface area contributed by atoms with Gasteiger partial charge in [-0.1, -0.05) is 25.1 Å². The number of aromatic nitrogens is 1. The van der Waals surface area contributed by atoms with Crippen molar-refractivity contribution >= 4 is 28.8 Å². The predicted molar refractivity (Wildman–Crippen MR) is 103 cm³/mol. The zero-order chi connectivity index (χ0) is 17.1. The number of nitrogens with zero attached hydrogens (tertiary/aromatic N) is 1. The Balaban J connectivity index is 2.40. The molecule has 0 fully saturated rings. The van der Waals surface area contributed by atoms with Gasteiger partial charge in [-0.05, 0) is 67.3 Å². The van der Waals surface area contributed by atoms with Crippen LogP contribution in [0, 0.1) is 12.3 Å². The van der Waals surface area contributed by atoms with Crippen LogP contribution in [0.4, 0.5) is 0 Å². The quantitative estimate of drug-likeness (QED) is 0.795. The summed E-state index contributed by atoms with van der Waals surface area (Å²) in [5.41, 5.74) is 13.6. The van der Waals surface area contributed by atoms with E-state index in [0.717, 1.165) is 30.5 Å². The maximum atomic E-state index is 7.67. The highest BCUT2D eigenvalue weighted by atomic mass is 14.7. The molecule has 3 rings (SSSR count). The van der Waals surface area contributed by atoms with Crippen LogP contribution in [0.3, 0.4) is 0 Å². The maximum absolute atomic E-state index is 7.67. The second-order valence-electron chi connectivity index (χ2n) is 6.39. The number of nitrogens with two attached hydrogens (primary N) is 1. The van der Waals surface area contributed by atoms with Gasteiger partial charge in [0.25, 0.3) is 0 Å². The van der Waals surface area contributed by atoms with E-state index in [1.54, 1.807) is 0 Å². The highest BCUT2D eigenvalue weighted by molar-refractivity contribution is 6.09. The van der Waals surface area contributed by atoms with Gasteiger partial charge in [-0.15, -0.1) is 0 Å².